The first-order valence-electron chi connectivity index (χ1n) is 8.35. The van der Waals surface area contributed by atoms with Crippen molar-refractivity contribution in [2.75, 3.05) is 6.54 Å². The van der Waals surface area contributed by atoms with Gasteiger partial charge in [0.15, 0.2) is 5.82 Å². The Labute approximate surface area is 145 Å². The van der Waals surface area contributed by atoms with Gasteiger partial charge in [-0.1, -0.05) is 35.5 Å². The Bertz CT molecular complexity index is 857. The standard InChI is InChI=1S/C19H18N4O2/c24-18(19(9-10-19)15-4-2-1-3-5-15)21-13-8-16-22-17(25-23-16)14-6-11-20-12-7-14/h1-7,11-12H,8-10,13H2,(H,21,24). The Morgan fingerprint density at radius 1 is 1.12 bits per heavy atom. The molecule has 1 aliphatic carbocycles. The van der Waals surface area contributed by atoms with Crippen molar-refractivity contribution in [3.63, 3.8) is 0 Å². The quantitative estimate of drug-likeness (QED) is 0.749. The van der Waals surface area contributed by atoms with Crippen LogP contribution in [-0.4, -0.2) is 27.6 Å². The third kappa shape index (κ3) is 3.15. The van der Waals surface area contributed by atoms with Crippen molar-refractivity contribution >= 4 is 5.91 Å². The average Bonchev–Trinajstić information content (AvgIpc) is 3.36. The van der Waals surface area contributed by atoms with Gasteiger partial charge < -0.3 is 9.84 Å². The molecule has 0 aliphatic heterocycles. The fourth-order valence-corrected chi connectivity index (χ4v) is 2.95. The molecule has 1 N–H and O–H groups in total. The van der Waals surface area contributed by atoms with Crippen LogP contribution < -0.4 is 5.32 Å². The Hall–Kier alpha value is -3.02. The molecule has 1 aliphatic rings. The van der Waals surface area contributed by atoms with Crippen LogP contribution in [0.2, 0.25) is 0 Å². The zero-order valence-corrected chi connectivity index (χ0v) is 13.7. The van der Waals surface area contributed by atoms with Crippen LogP contribution >= 0.6 is 0 Å². The number of carbonyl (C=O) groups excluding carboxylic acids is 1. The Balaban J connectivity index is 1.34. The van der Waals surface area contributed by atoms with Crippen molar-refractivity contribution < 1.29 is 9.32 Å². The fourth-order valence-electron chi connectivity index (χ4n) is 2.95. The molecular formula is C19H18N4O2. The van der Waals surface area contributed by atoms with E-state index in [0.29, 0.717) is 24.7 Å². The molecule has 1 amide bonds. The SMILES string of the molecule is O=C(NCCc1noc(-c2ccncc2)n1)C1(c2ccccc2)CC1. The van der Waals surface area contributed by atoms with Gasteiger partial charge in [-0.3, -0.25) is 9.78 Å². The largest absolute Gasteiger partial charge is 0.355 e. The lowest BCUT2D eigenvalue weighted by molar-refractivity contribution is -0.123. The van der Waals surface area contributed by atoms with E-state index in [4.69, 9.17) is 4.52 Å². The third-order valence-electron chi connectivity index (χ3n) is 4.54. The summed E-state index contributed by atoms with van der Waals surface area (Å²) in [5.74, 6) is 1.12. The highest BCUT2D eigenvalue weighted by Crippen LogP contribution is 2.48. The minimum absolute atomic E-state index is 0.0801. The van der Waals surface area contributed by atoms with E-state index in [9.17, 15) is 4.79 Å². The van der Waals surface area contributed by atoms with E-state index in [1.165, 1.54) is 0 Å². The van der Waals surface area contributed by atoms with E-state index < -0.39 is 0 Å². The lowest BCUT2D eigenvalue weighted by Gasteiger charge is -2.15. The molecule has 0 bridgehead atoms. The van der Waals surface area contributed by atoms with Gasteiger partial charge in [0.25, 0.3) is 5.89 Å². The van der Waals surface area contributed by atoms with Gasteiger partial charge in [-0.05, 0) is 30.5 Å². The number of pyridine rings is 1. The summed E-state index contributed by atoms with van der Waals surface area (Å²) in [6.07, 6.45) is 5.69. The molecule has 1 saturated carbocycles. The molecule has 4 rings (SSSR count). The minimum atomic E-state index is -0.347. The van der Waals surface area contributed by atoms with Crippen LogP contribution in [0.4, 0.5) is 0 Å². The van der Waals surface area contributed by atoms with Crippen LogP contribution in [0.5, 0.6) is 0 Å². The first-order valence-corrected chi connectivity index (χ1v) is 8.35. The molecule has 1 aromatic carbocycles. The summed E-state index contributed by atoms with van der Waals surface area (Å²) >= 11 is 0. The summed E-state index contributed by atoms with van der Waals surface area (Å²) in [4.78, 5) is 20.9. The van der Waals surface area contributed by atoms with Gasteiger partial charge in [0, 0.05) is 30.9 Å². The highest BCUT2D eigenvalue weighted by Gasteiger charge is 2.50. The fraction of sp³-hybridized carbons (Fsp3) is 0.263. The second-order valence-electron chi connectivity index (χ2n) is 6.21. The van der Waals surface area contributed by atoms with Gasteiger partial charge in [0.1, 0.15) is 0 Å². The van der Waals surface area contributed by atoms with Crippen LogP contribution in [0.25, 0.3) is 11.5 Å². The second-order valence-corrected chi connectivity index (χ2v) is 6.21. The van der Waals surface area contributed by atoms with Gasteiger partial charge in [-0.2, -0.15) is 4.98 Å². The monoisotopic (exact) mass is 334 g/mol. The number of hydrogen-bond acceptors (Lipinski definition) is 5. The van der Waals surface area contributed by atoms with E-state index in [1.807, 2.05) is 42.5 Å². The molecule has 2 aromatic heterocycles. The molecule has 126 valence electrons. The van der Waals surface area contributed by atoms with Crippen molar-refractivity contribution in [3.8, 4) is 11.5 Å². The zero-order valence-electron chi connectivity index (χ0n) is 13.7. The normalized spacial score (nSPS) is 14.9. The number of nitrogens with zero attached hydrogens (tertiary/aromatic N) is 3. The zero-order chi connectivity index (χ0) is 17.1. The summed E-state index contributed by atoms with van der Waals surface area (Å²) in [5.41, 5.74) is 1.58. The van der Waals surface area contributed by atoms with Gasteiger partial charge >= 0.3 is 0 Å². The summed E-state index contributed by atoms with van der Waals surface area (Å²) in [6, 6.07) is 13.6. The predicted octanol–water partition coefficient (Wildman–Crippen LogP) is 2.52. The maximum absolute atomic E-state index is 12.6. The number of amides is 1. The lowest BCUT2D eigenvalue weighted by atomic mass is 9.95. The van der Waals surface area contributed by atoms with Crippen LogP contribution in [0.1, 0.15) is 24.2 Å². The Morgan fingerprint density at radius 2 is 1.88 bits per heavy atom. The van der Waals surface area contributed by atoms with E-state index in [0.717, 1.165) is 24.0 Å². The van der Waals surface area contributed by atoms with Crippen LogP contribution in [0.3, 0.4) is 0 Å². The lowest BCUT2D eigenvalue weighted by Crippen LogP contribution is -2.36. The van der Waals surface area contributed by atoms with Crippen molar-refractivity contribution in [2.24, 2.45) is 0 Å². The summed E-state index contributed by atoms with van der Waals surface area (Å²) < 4.78 is 5.26. The Kier molecular flexibility index (Phi) is 4.01. The number of benzene rings is 1. The maximum atomic E-state index is 12.6. The topological polar surface area (TPSA) is 80.9 Å². The first kappa shape index (κ1) is 15.5. The molecule has 0 atom stereocenters. The second kappa shape index (κ2) is 6.47. The number of hydrogen-bond donors (Lipinski definition) is 1. The number of nitrogens with one attached hydrogen (secondary N) is 1. The van der Waals surface area contributed by atoms with Crippen molar-refractivity contribution in [1.29, 1.82) is 0 Å². The van der Waals surface area contributed by atoms with Gasteiger partial charge in [0.05, 0.1) is 5.41 Å². The average molecular weight is 334 g/mol. The van der Waals surface area contributed by atoms with Gasteiger partial charge in [0.2, 0.25) is 5.91 Å². The molecule has 0 radical (unpaired) electrons. The predicted molar refractivity (Wildman–Crippen MR) is 91.6 cm³/mol. The van der Waals surface area contributed by atoms with E-state index >= 15 is 0 Å². The third-order valence-corrected chi connectivity index (χ3v) is 4.54. The van der Waals surface area contributed by atoms with Crippen LogP contribution in [-0.2, 0) is 16.6 Å². The molecule has 0 saturated heterocycles. The van der Waals surface area contributed by atoms with E-state index in [2.05, 4.69) is 20.4 Å². The smallest absolute Gasteiger partial charge is 0.258 e. The van der Waals surface area contributed by atoms with Crippen LogP contribution in [0, 0.1) is 0 Å². The van der Waals surface area contributed by atoms with Crippen molar-refractivity contribution in [1.82, 2.24) is 20.4 Å². The number of aromatic nitrogens is 3. The Morgan fingerprint density at radius 3 is 2.60 bits per heavy atom. The molecular weight excluding hydrogens is 316 g/mol. The minimum Gasteiger partial charge on any atom is -0.355 e. The molecule has 3 aromatic rings. The molecule has 6 heteroatoms. The van der Waals surface area contributed by atoms with Crippen LogP contribution in [0.15, 0.2) is 59.4 Å². The highest BCUT2D eigenvalue weighted by molar-refractivity contribution is 5.91. The molecule has 6 nitrogen and oxygen atoms in total. The van der Waals surface area contributed by atoms with E-state index in [-0.39, 0.29) is 11.3 Å². The van der Waals surface area contributed by atoms with Crippen molar-refractivity contribution in [2.45, 2.75) is 24.7 Å². The molecule has 0 unspecified atom stereocenters. The number of carbonyl (C=O) groups is 1. The summed E-state index contributed by atoms with van der Waals surface area (Å²) in [7, 11) is 0. The molecule has 2 heterocycles. The number of rotatable bonds is 6. The molecule has 1 fully saturated rings. The first-order chi connectivity index (χ1) is 12.3. The molecule has 0 spiro atoms. The molecule has 25 heavy (non-hydrogen) atoms. The van der Waals surface area contributed by atoms with Crippen molar-refractivity contribution in [3.05, 3.63) is 66.2 Å². The van der Waals surface area contributed by atoms with E-state index in [1.54, 1.807) is 12.4 Å². The summed E-state index contributed by atoms with van der Waals surface area (Å²) in [6.45, 7) is 0.489. The maximum Gasteiger partial charge on any atom is 0.258 e. The van der Waals surface area contributed by atoms with Gasteiger partial charge in [-0.25, -0.2) is 0 Å². The van der Waals surface area contributed by atoms with Gasteiger partial charge in [-0.15, -0.1) is 0 Å². The summed E-state index contributed by atoms with van der Waals surface area (Å²) in [5, 5.41) is 6.98. The highest BCUT2D eigenvalue weighted by atomic mass is 16.5.